The first-order chi connectivity index (χ1) is 12.0. The Balaban J connectivity index is 1.65. The van der Waals surface area contributed by atoms with Crippen LogP contribution in [0.1, 0.15) is 11.1 Å². The summed E-state index contributed by atoms with van der Waals surface area (Å²) in [4.78, 5) is 30.6. The Hall–Kier alpha value is -2.21. The number of aromatic nitrogens is 1. The van der Waals surface area contributed by atoms with Crippen molar-refractivity contribution in [3.8, 4) is 0 Å². The van der Waals surface area contributed by atoms with Gasteiger partial charge in [-0.25, -0.2) is 4.98 Å². The van der Waals surface area contributed by atoms with E-state index in [9.17, 15) is 9.59 Å². The lowest BCUT2D eigenvalue weighted by Gasteiger charge is -2.15. The molecule has 0 aliphatic carbocycles. The van der Waals surface area contributed by atoms with Gasteiger partial charge in [0.25, 0.3) is 11.8 Å². The third-order valence-corrected chi connectivity index (χ3v) is 5.39. The summed E-state index contributed by atoms with van der Waals surface area (Å²) in [6, 6.07) is 12.4. The maximum Gasteiger partial charge on any atom is 0.273 e. The molecule has 0 N–H and O–H groups in total. The van der Waals surface area contributed by atoms with Crippen molar-refractivity contribution in [1.82, 2.24) is 9.88 Å². The Morgan fingerprint density at radius 3 is 2.52 bits per heavy atom. The lowest BCUT2D eigenvalue weighted by Crippen LogP contribution is -2.30. The van der Waals surface area contributed by atoms with Crippen LogP contribution in [0.15, 0.2) is 53.0 Å². The summed E-state index contributed by atoms with van der Waals surface area (Å²) in [7, 11) is 0. The fourth-order valence-corrected chi connectivity index (χ4v) is 3.82. The van der Waals surface area contributed by atoms with Gasteiger partial charge < -0.3 is 0 Å². The van der Waals surface area contributed by atoms with E-state index in [4.69, 9.17) is 23.2 Å². The number of imide groups is 1. The molecule has 2 heterocycles. The van der Waals surface area contributed by atoms with Crippen LogP contribution in [0, 0.1) is 0 Å². The molecule has 25 heavy (non-hydrogen) atoms. The van der Waals surface area contributed by atoms with Gasteiger partial charge in [0, 0.05) is 5.02 Å². The van der Waals surface area contributed by atoms with E-state index in [1.165, 1.54) is 0 Å². The first kappa shape index (κ1) is 16.3. The smallest absolute Gasteiger partial charge is 0.269 e. The SMILES string of the molecule is O=C1C(Cl)=C(c2ccc(Cl)cc2)C(=O)N1Cc1ccc2scnc2c1. The molecule has 1 aliphatic rings. The second-order valence-corrected chi connectivity index (χ2v) is 7.25. The number of hydrogen-bond acceptors (Lipinski definition) is 4. The maximum absolute atomic E-state index is 12.7. The predicted molar refractivity (Wildman–Crippen MR) is 99.4 cm³/mol. The lowest BCUT2D eigenvalue weighted by molar-refractivity contribution is -0.137. The molecule has 0 unspecified atom stereocenters. The van der Waals surface area contributed by atoms with E-state index in [1.807, 2.05) is 18.2 Å². The molecule has 0 bridgehead atoms. The molecule has 0 saturated carbocycles. The van der Waals surface area contributed by atoms with E-state index < -0.39 is 11.8 Å². The number of nitrogens with zero attached hydrogens (tertiary/aromatic N) is 2. The van der Waals surface area contributed by atoms with Crippen LogP contribution in [-0.4, -0.2) is 21.7 Å². The molecule has 2 amide bonds. The van der Waals surface area contributed by atoms with Crippen LogP contribution < -0.4 is 0 Å². The fourth-order valence-electron chi connectivity index (χ4n) is 2.74. The Labute approximate surface area is 157 Å². The largest absolute Gasteiger partial charge is 0.273 e. The van der Waals surface area contributed by atoms with Gasteiger partial charge in [-0.05, 0) is 35.4 Å². The Morgan fingerprint density at radius 2 is 1.76 bits per heavy atom. The fraction of sp³-hybridized carbons (Fsp3) is 0.0556. The highest BCUT2D eigenvalue weighted by molar-refractivity contribution is 7.16. The quantitative estimate of drug-likeness (QED) is 0.621. The van der Waals surface area contributed by atoms with Crippen molar-refractivity contribution in [3.05, 3.63) is 69.2 Å². The lowest BCUT2D eigenvalue weighted by atomic mass is 10.1. The number of carbonyl (C=O) groups is 2. The van der Waals surface area contributed by atoms with Crippen molar-refractivity contribution < 1.29 is 9.59 Å². The van der Waals surface area contributed by atoms with Gasteiger partial charge >= 0.3 is 0 Å². The number of carbonyl (C=O) groups excluding carboxylic acids is 2. The number of amides is 2. The minimum absolute atomic E-state index is 0.0675. The van der Waals surface area contributed by atoms with Crippen LogP contribution in [0.2, 0.25) is 5.02 Å². The summed E-state index contributed by atoms with van der Waals surface area (Å²) in [5, 5.41) is 0.479. The molecule has 2 aromatic carbocycles. The average Bonchev–Trinajstić information content (AvgIpc) is 3.15. The third-order valence-electron chi connectivity index (χ3n) is 3.98. The second-order valence-electron chi connectivity index (χ2n) is 5.55. The van der Waals surface area contributed by atoms with Crippen LogP contribution in [0.3, 0.4) is 0 Å². The minimum Gasteiger partial charge on any atom is -0.269 e. The summed E-state index contributed by atoms with van der Waals surface area (Å²) in [5.41, 5.74) is 4.21. The number of fused-ring (bicyclic) bond motifs is 1. The van der Waals surface area contributed by atoms with E-state index >= 15 is 0 Å². The molecule has 0 spiro atoms. The van der Waals surface area contributed by atoms with Crippen molar-refractivity contribution >= 4 is 62.1 Å². The highest BCUT2D eigenvalue weighted by Crippen LogP contribution is 2.33. The van der Waals surface area contributed by atoms with Gasteiger partial charge in [0.2, 0.25) is 0 Å². The summed E-state index contributed by atoms with van der Waals surface area (Å²) in [6.07, 6.45) is 0. The van der Waals surface area contributed by atoms with Crippen LogP contribution in [0.25, 0.3) is 15.8 Å². The van der Waals surface area contributed by atoms with Gasteiger partial charge in [0.1, 0.15) is 5.03 Å². The molecule has 124 valence electrons. The zero-order valence-electron chi connectivity index (χ0n) is 12.7. The van der Waals surface area contributed by atoms with Gasteiger partial charge in [-0.15, -0.1) is 11.3 Å². The highest BCUT2D eigenvalue weighted by Gasteiger charge is 2.38. The molecular formula is C18H10Cl2N2O2S. The average molecular weight is 389 g/mol. The molecule has 0 fully saturated rings. The molecule has 3 aromatic rings. The Bertz CT molecular complexity index is 1040. The molecule has 4 rings (SSSR count). The van der Waals surface area contributed by atoms with Gasteiger partial charge in [-0.3, -0.25) is 14.5 Å². The van der Waals surface area contributed by atoms with E-state index in [1.54, 1.807) is 41.1 Å². The Morgan fingerprint density at radius 1 is 1.00 bits per heavy atom. The van der Waals surface area contributed by atoms with Gasteiger partial charge in [0.05, 0.1) is 27.8 Å². The van der Waals surface area contributed by atoms with Crippen LogP contribution in [0.5, 0.6) is 0 Å². The van der Waals surface area contributed by atoms with Crippen LogP contribution >= 0.6 is 34.5 Å². The molecule has 7 heteroatoms. The monoisotopic (exact) mass is 388 g/mol. The van der Waals surface area contributed by atoms with Crippen molar-refractivity contribution in [3.63, 3.8) is 0 Å². The van der Waals surface area contributed by atoms with Crippen molar-refractivity contribution in [1.29, 1.82) is 0 Å². The molecule has 0 atom stereocenters. The molecular weight excluding hydrogens is 379 g/mol. The molecule has 4 nitrogen and oxygen atoms in total. The zero-order valence-corrected chi connectivity index (χ0v) is 15.0. The number of rotatable bonds is 3. The predicted octanol–water partition coefficient (Wildman–Crippen LogP) is 4.47. The van der Waals surface area contributed by atoms with Crippen molar-refractivity contribution in [2.75, 3.05) is 0 Å². The van der Waals surface area contributed by atoms with Crippen LogP contribution in [0.4, 0.5) is 0 Å². The van der Waals surface area contributed by atoms with Crippen molar-refractivity contribution in [2.24, 2.45) is 0 Å². The van der Waals surface area contributed by atoms with E-state index in [2.05, 4.69) is 4.98 Å². The third kappa shape index (κ3) is 2.84. The zero-order chi connectivity index (χ0) is 17.6. The van der Waals surface area contributed by atoms with Gasteiger partial charge in [-0.1, -0.05) is 41.4 Å². The van der Waals surface area contributed by atoms with Crippen LogP contribution in [-0.2, 0) is 16.1 Å². The molecule has 1 aliphatic heterocycles. The number of halogens is 2. The molecule has 0 radical (unpaired) electrons. The number of hydrogen-bond donors (Lipinski definition) is 0. The maximum atomic E-state index is 12.7. The minimum atomic E-state index is -0.491. The second kappa shape index (κ2) is 6.26. The normalized spacial score (nSPS) is 14.9. The van der Waals surface area contributed by atoms with Crippen molar-refractivity contribution in [2.45, 2.75) is 6.54 Å². The van der Waals surface area contributed by atoms with E-state index in [0.717, 1.165) is 20.7 Å². The van der Waals surface area contributed by atoms with E-state index in [0.29, 0.717) is 10.6 Å². The summed E-state index contributed by atoms with van der Waals surface area (Å²) < 4.78 is 1.06. The number of benzene rings is 2. The van der Waals surface area contributed by atoms with Gasteiger partial charge in [-0.2, -0.15) is 0 Å². The summed E-state index contributed by atoms with van der Waals surface area (Å²) in [6.45, 7) is 0.151. The Kier molecular flexibility index (Phi) is 4.07. The topological polar surface area (TPSA) is 50.3 Å². The molecule has 0 saturated heterocycles. The standard InChI is InChI=1S/C18H10Cl2N2O2S/c19-12-4-2-11(3-5-12)15-16(20)18(24)22(17(15)23)8-10-1-6-14-13(7-10)21-9-25-14/h1-7,9H,8H2. The highest BCUT2D eigenvalue weighted by atomic mass is 35.5. The first-order valence-corrected chi connectivity index (χ1v) is 9.02. The van der Waals surface area contributed by atoms with E-state index in [-0.39, 0.29) is 17.2 Å². The summed E-state index contributed by atoms with van der Waals surface area (Å²) >= 11 is 13.6. The van der Waals surface area contributed by atoms with Gasteiger partial charge in [0.15, 0.2) is 0 Å². The summed E-state index contributed by atoms with van der Waals surface area (Å²) in [5.74, 6) is -0.898. The first-order valence-electron chi connectivity index (χ1n) is 7.38. The number of thiazole rings is 1. The molecule has 1 aromatic heterocycles.